The first kappa shape index (κ1) is 21.8. The summed E-state index contributed by atoms with van der Waals surface area (Å²) in [5.74, 6) is -2.05. The molecule has 4 aromatic rings. The van der Waals surface area contributed by atoms with Crippen LogP contribution in [0.5, 0.6) is 0 Å². The van der Waals surface area contributed by atoms with Crippen LogP contribution in [0.4, 0.5) is 8.78 Å². The molecule has 33 heavy (non-hydrogen) atoms. The van der Waals surface area contributed by atoms with Crippen molar-refractivity contribution in [3.05, 3.63) is 128 Å². The molecule has 1 N–H and O–H groups in total. The van der Waals surface area contributed by atoms with Crippen molar-refractivity contribution in [2.45, 2.75) is 13.1 Å². The minimum atomic E-state index is -0.942. The molecule has 4 rings (SSSR count). The number of aromatic nitrogens is 3. The van der Waals surface area contributed by atoms with Crippen molar-refractivity contribution < 1.29 is 13.6 Å². The van der Waals surface area contributed by atoms with Gasteiger partial charge in [0.05, 0.1) is 6.54 Å². The standard InChI is InChI=1S/C24H18F2N4O3/c25-18-12-10-17(11-13-18)15-29-23(32)21(22(31)27-14-16-6-2-1-3-7-16)28-30(24(29)33)20-9-5-4-8-19(20)26/h1-13H,14-15H2,(H,27,31). The lowest BCUT2D eigenvalue weighted by Gasteiger charge is -2.13. The van der Waals surface area contributed by atoms with E-state index in [0.29, 0.717) is 10.2 Å². The monoisotopic (exact) mass is 448 g/mol. The first-order chi connectivity index (χ1) is 15.9. The van der Waals surface area contributed by atoms with Crippen molar-refractivity contribution >= 4 is 5.91 Å². The topological polar surface area (TPSA) is 86.0 Å². The number of nitrogens with one attached hydrogen (secondary N) is 1. The van der Waals surface area contributed by atoms with Crippen LogP contribution < -0.4 is 16.6 Å². The third-order valence-electron chi connectivity index (χ3n) is 4.91. The maximum absolute atomic E-state index is 14.4. The molecule has 0 saturated carbocycles. The molecule has 0 spiro atoms. The fourth-order valence-corrected chi connectivity index (χ4v) is 3.21. The average molecular weight is 448 g/mol. The van der Waals surface area contributed by atoms with E-state index in [2.05, 4.69) is 10.4 Å². The first-order valence-corrected chi connectivity index (χ1v) is 9.99. The lowest BCUT2D eigenvalue weighted by Crippen LogP contribution is -2.46. The van der Waals surface area contributed by atoms with Gasteiger partial charge >= 0.3 is 5.69 Å². The Morgan fingerprint density at radius 1 is 0.848 bits per heavy atom. The summed E-state index contributed by atoms with van der Waals surface area (Å²) in [5.41, 5.74) is -1.43. The Morgan fingerprint density at radius 2 is 1.52 bits per heavy atom. The third kappa shape index (κ3) is 4.77. The van der Waals surface area contributed by atoms with Gasteiger partial charge in [0.2, 0.25) is 5.69 Å². The largest absolute Gasteiger partial charge is 0.352 e. The molecule has 0 atom stereocenters. The summed E-state index contributed by atoms with van der Waals surface area (Å²) >= 11 is 0. The molecule has 0 radical (unpaired) electrons. The van der Waals surface area contributed by atoms with E-state index >= 15 is 0 Å². The van der Waals surface area contributed by atoms with E-state index in [1.165, 1.54) is 42.5 Å². The molecule has 1 aromatic heterocycles. The van der Waals surface area contributed by atoms with Gasteiger partial charge in [-0.15, -0.1) is 0 Å². The van der Waals surface area contributed by atoms with E-state index in [4.69, 9.17) is 0 Å². The number of carbonyl (C=O) groups excluding carboxylic acids is 1. The summed E-state index contributed by atoms with van der Waals surface area (Å²) < 4.78 is 29.1. The highest BCUT2D eigenvalue weighted by Gasteiger charge is 2.21. The highest BCUT2D eigenvalue weighted by atomic mass is 19.1. The number of amides is 1. The van der Waals surface area contributed by atoms with Gasteiger partial charge in [-0.25, -0.2) is 13.6 Å². The number of nitrogens with zero attached hydrogens (tertiary/aromatic N) is 3. The van der Waals surface area contributed by atoms with Crippen LogP contribution in [0.1, 0.15) is 21.6 Å². The van der Waals surface area contributed by atoms with Gasteiger partial charge in [0.15, 0.2) is 0 Å². The molecule has 0 unspecified atom stereocenters. The van der Waals surface area contributed by atoms with Crippen LogP contribution in [0.25, 0.3) is 5.69 Å². The van der Waals surface area contributed by atoms with Gasteiger partial charge in [-0.1, -0.05) is 54.6 Å². The Labute approximate surface area is 186 Å². The van der Waals surface area contributed by atoms with Crippen molar-refractivity contribution in [2.24, 2.45) is 0 Å². The van der Waals surface area contributed by atoms with E-state index in [1.54, 1.807) is 24.3 Å². The first-order valence-electron chi connectivity index (χ1n) is 9.99. The number of benzene rings is 3. The minimum absolute atomic E-state index is 0.123. The Morgan fingerprint density at radius 3 is 2.21 bits per heavy atom. The van der Waals surface area contributed by atoms with Gasteiger partial charge in [0.25, 0.3) is 11.5 Å². The number of hydrogen-bond donors (Lipinski definition) is 1. The molecule has 0 aliphatic heterocycles. The number of rotatable bonds is 6. The second-order valence-corrected chi connectivity index (χ2v) is 7.18. The molecule has 0 saturated heterocycles. The third-order valence-corrected chi connectivity index (χ3v) is 4.91. The van der Waals surface area contributed by atoms with E-state index in [0.717, 1.165) is 16.2 Å². The minimum Gasteiger partial charge on any atom is -0.346 e. The zero-order valence-electron chi connectivity index (χ0n) is 17.2. The summed E-state index contributed by atoms with van der Waals surface area (Å²) in [5, 5.41) is 6.48. The summed E-state index contributed by atoms with van der Waals surface area (Å²) in [4.78, 5) is 38.9. The number of hydrogen-bond acceptors (Lipinski definition) is 4. The van der Waals surface area contributed by atoms with E-state index in [9.17, 15) is 23.2 Å². The smallest absolute Gasteiger partial charge is 0.346 e. The lowest BCUT2D eigenvalue weighted by molar-refractivity contribution is 0.0941. The molecular weight excluding hydrogens is 430 g/mol. The zero-order valence-corrected chi connectivity index (χ0v) is 17.2. The fraction of sp³-hybridized carbons (Fsp3) is 0.0833. The molecule has 0 aliphatic rings. The van der Waals surface area contributed by atoms with Crippen LogP contribution in [0.2, 0.25) is 0 Å². The number of halogens is 2. The Hall–Kier alpha value is -4.40. The Bertz CT molecular complexity index is 1410. The normalized spacial score (nSPS) is 10.7. The summed E-state index contributed by atoms with van der Waals surface area (Å²) in [6, 6.07) is 19.6. The van der Waals surface area contributed by atoms with Crippen molar-refractivity contribution in [3.8, 4) is 5.69 Å². The van der Waals surface area contributed by atoms with Gasteiger partial charge in [-0.05, 0) is 35.4 Å². The molecular formula is C24H18F2N4O3. The van der Waals surface area contributed by atoms with Crippen molar-refractivity contribution in [3.63, 3.8) is 0 Å². The van der Waals surface area contributed by atoms with Crippen molar-refractivity contribution in [1.82, 2.24) is 19.7 Å². The number of carbonyl (C=O) groups is 1. The average Bonchev–Trinajstić information content (AvgIpc) is 2.83. The second-order valence-electron chi connectivity index (χ2n) is 7.18. The molecule has 166 valence electrons. The molecule has 0 fully saturated rings. The highest BCUT2D eigenvalue weighted by molar-refractivity contribution is 5.91. The summed E-state index contributed by atoms with van der Waals surface area (Å²) in [6.07, 6.45) is 0. The van der Waals surface area contributed by atoms with Gasteiger partial charge in [-0.3, -0.25) is 14.2 Å². The zero-order chi connectivity index (χ0) is 23.4. The van der Waals surface area contributed by atoms with Crippen LogP contribution >= 0.6 is 0 Å². The molecule has 7 nitrogen and oxygen atoms in total. The second kappa shape index (κ2) is 9.39. The molecule has 1 amide bonds. The van der Waals surface area contributed by atoms with Gasteiger partial charge in [0.1, 0.15) is 17.3 Å². The molecule has 0 bridgehead atoms. The van der Waals surface area contributed by atoms with E-state index < -0.39 is 34.5 Å². The van der Waals surface area contributed by atoms with Crippen LogP contribution in [-0.2, 0) is 13.1 Å². The Kier molecular flexibility index (Phi) is 6.21. The van der Waals surface area contributed by atoms with Crippen LogP contribution in [-0.4, -0.2) is 20.3 Å². The van der Waals surface area contributed by atoms with Gasteiger partial charge < -0.3 is 5.32 Å². The Balaban J connectivity index is 1.79. The fourth-order valence-electron chi connectivity index (χ4n) is 3.21. The lowest BCUT2D eigenvalue weighted by atomic mass is 10.2. The predicted molar refractivity (Wildman–Crippen MR) is 117 cm³/mol. The van der Waals surface area contributed by atoms with Gasteiger partial charge in [-0.2, -0.15) is 9.78 Å². The SMILES string of the molecule is O=C(NCc1ccccc1)c1nn(-c2ccccc2F)c(=O)n(Cc2ccc(F)cc2)c1=O. The van der Waals surface area contributed by atoms with Gasteiger partial charge in [0, 0.05) is 6.54 Å². The van der Waals surface area contributed by atoms with Crippen LogP contribution in [0.3, 0.4) is 0 Å². The summed E-state index contributed by atoms with van der Waals surface area (Å²) in [6.45, 7) is -0.133. The maximum Gasteiger partial charge on any atom is 0.352 e. The predicted octanol–water partition coefficient (Wildman–Crippen LogP) is 2.65. The van der Waals surface area contributed by atoms with Crippen LogP contribution in [0, 0.1) is 11.6 Å². The van der Waals surface area contributed by atoms with E-state index in [1.807, 2.05) is 6.07 Å². The van der Waals surface area contributed by atoms with Crippen molar-refractivity contribution in [2.75, 3.05) is 0 Å². The number of para-hydroxylation sites is 1. The molecule has 3 aromatic carbocycles. The molecule has 1 heterocycles. The molecule has 9 heteroatoms. The summed E-state index contributed by atoms with van der Waals surface area (Å²) in [7, 11) is 0. The highest BCUT2D eigenvalue weighted by Crippen LogP contribution is 2.10. The molecule has 0 aliphatic carbocycles. The van der Waals surface area contributed by atoms with Crippen molar-refractivity contribution in [1.29, 1.82) is 0 Å². The van der Waals surface area contributed by atoms with Crippen LogP contribution in [0.15, 0.2) is 88.5 Å². The quantitative estimate of drug-likeness (QED) is 0.492. The maximum atomic E-state index is 14.4. The van der Waals surface area contributed by atoms with E-state index in [-0.39, 0.29) is 18.8 Å².